The first-order chi connectivity index (χ1) is 11.8. The van der Waals surface area contributed by atoms with E-state index in [1.165, 1.54) is 18.3 Å². The van der Waals surface area contributed by atoms with Crippen molar-refractivity contribution in [1.82, 2.24) is 20.0 Å². The van der Waals surface area contributed by atoms with E-state index in [9.17, 15) is 14.3 Å². The number of anilines is 1. The molecule has 8 heteroatoms. The number of hydrogen-bond donors (Lipinski definition) is 2. The van der Waals surface area contributed by atoms with Gasteiger partial charge in [0.1, 0.15) is 0 Å². The van der Waals surface area contributed by atoms with Gasteiger partial charge in [0, 0.05) is 17.8 Å². The van der Waals surface area contributed by atoms with Crippen molar-refractivity contribution in [2.75, 3.05) is 5.32 Å². The molecule has 2 aromatic rings. The van der Waals surface area contributed by atoms with Crippen molar-refractivity contribution in [2.45, 2.75) is 51.1 Å². The van der Waals surface area contributed by atoms with Crippen LogP contribution in [0.5, 0.6) is 0 Å². The van der Waals surface area contributed by atoms with E-state index >= 15 is 0 Å². The molecule has 0 saturated heterocycles. The van der Waals surface area contributed by atoms with Gasteiger partial charge in [-0.25, -0.2) is 14.1 Å². The van der Waals surface area contributed by atoms with E-state index in [2.05, 4.69) is 20.6 Å². The van der Waals surface area contributed by atoms with Crippen LogP contribution < -0.4 is 5.32 Å². The highest BCUT2D eigenvalue weighted by Gasteiger charge is 2.40. The van der Waals surface area contributed by atoms with Gasteiger partial charge in [0.05, 0.1) is 23.7 Å². The average molecular weight is 347 g/mol. The Hall–Kier alpha value is -2.51. The molecule has 0 bridgehead atoms. The molecule has 25 heavy (non-hydrogen) atoms. The van der Waals surface area contributed by atoms with Crippen molar-refractivity contribution < 1.29 is 14.3 Å². The van der Waals surface area contributed by atoms with Crippen LogP contribution in [0, 0.1) is 11.7 Å². The molecular weight excluding hydrogens is 325 g/mol. The van der Waals surface area contributed by atoms with Crippen LogP contribution in [-0.2, 0) is 10.2 Å². The first kappa shape index (κ1) is 17.3. The number of halogens is 1. The molecule has 0 radical (unpaired) electrons. The summed E-state index contributed by atoms with van der Waals surface area (Å²) < 4.78 is 15.6. The second-order valence-electron chi connectivity index (χ2n) is 7.49. The lowest BCUT2D eigenvalue weighted by Crippen LogP contribution is -2.28. The monoisotopic (exact) mass is 347 g/mol. The summed E-state index contributed by atoms with van der Waals surface area (Å²) in [6.07, 6.45) is 4.13. The molecule has 3 rings (SSSR count). The molecule has 1 aliphatic carbocycles. The highest BCUT2D eigenvalue weighted by atomic mass is 19.1. The first-order valence-electron chi connectivity index (χ1n) is 8.28. The normalized spacial score (nSPS) is 23.6. The summed E-state index contributed by atoms with van der Waals surface area (Å²) in [7, 11) is 0. The lowest BCUT2D eigenvalue weighted by atomic mass is 9.93. The lowest BCUT2D eigenvalue weighted by Gasteiger charge is -2.21. The van der Waals surface area contributed by atoms with E-state index in [-0.39, 0.29) is 23.3 Å². The van der Waals surface area contributed by atoms with E-state index in [4.69, 9.17) is 0 Å². The predicted molar refractivity (Wildman–Crippen MR) is 89.7 cm³/mol. The fraction of sp³-hybridized carbons (Fsp3) is 0.529. The number of nitrogens with zero attached hydrogens (tertiary/aromatic N) is 4. The van der Waals surface area contributed by atoms with Gasteiger partial charge in [0.25, 0.3) is 0 Å². The number of carboxylic acid groups (broad SMARTS) is 1. The van der Waals surface area contributed by atoms with E-state index in [0.717, 1.165) is 5.69 Å². The summed E-state index contributed by atoms with van der Waals surface area (Å²) in [5, 5.41) is 20.8. The number of nitrogens with one attached hydrogen (secondary N) is 1. The SMILES string of the molecule is CC(C)(C)c1cn([C@H]2CC(C(=O)O)C[C@H]2Nc2ncccc2F)nn1. The van der Waals surface area contributed by atoms with Gasteiger partial charge in [0.2, 0.25) is 0 Å². The minimum atomic E-state index is -0.855. The van der Waals surface area contributed by atoms with Gasteiger partial charge in [0.15, 0.2) is 11.6 Å². The molecule has 1 aliphatic rings. The van der Waals surface area contributed by atoms with Crippen molar-refractivity contribution in [2.24, 2.45) is 5.92 Å². The Labute approximate surface area is 145 Å². The second kappa shape index (κ2) is 6.42. The Kier molecular flexibility index (Phi) is 4.45. The molecule has 0 spiro atoms. The Bertz CT molecular complexity index is 770. The third kappa shape index (κ3) is 3.62. The van der Waals surface area contributed by atoms with Crippen LogP contribution in [0.3, 0.4) is 0 Å². The van der Waals surface area contributed by atoms with Crippen molar-refractivity contribution in [3.8, 4) is 0 Å². The van der Waals surface area contributed by atoms with Crippen molar-refractivity contribution in [1.29, 1.82) is 0 Å². The van der Waals surface area contributed by atoms with E-state index in [1.54, 1.807) is 4.68 Å². The summed E-state index contributed by atoms with van der Waals surface area (Å²) in [6, 6.07) is 2.31. The Morgan fingerprint density at radius 1 is 1.40 bits per heavy atom. The highest BCUT2D eigenvalue weighted by molar-refractivity contribution is 5.70. The van der Waals surface area contributed by atoms with Crippen LogP contribution in [0.4, 0.5) is 10.2 Å². The zero-order chi connectivity index (χ0) is 18.2. The minimum Gasteiger partial charge on any atom is -0.481 e. The van der Waals surface area contributed by atoms with Crippen LogP contribution in [0.25, 0.3) is 0 Å². The largest absolute Gasteiger partial charge is 0.481 e. The molecule has 2 aromatic heterocycles. The fourth-order valence-corrected chi connectivity index (χ4v) is 3.11. The molecular formula is C17H22FN5O2. The number of carboxylic acids is 1. The van der Waals surface area contributed by atoms with Crippen molar-refractivity contribution >= 4 is 11.8 Å². The molecule has 3 atom stereocenters. The molecule has 0 aromatic carbocycles. The summed E-state index contributed by atoms with van der Waals surface area (Å²) in [4.78, 5) is 15.5. The molecule has 2 heterocycles. The second-order valence-corrected chi connectivity index (χ2v) is 7.49. The topological polar surface area (TPSA) is 92.9 Å². The van der Waals surface area contributed by atoms with Gasteiger partial charge in [-0.15, -0.1) is 5.10 Å². The molecule has 7 nitrogen and oxygen atoms in total. The molecule has 0 amide bonds. The molecule has 0 aliphatic heterocycles. The number of aliphatic carboxylic acids is 1. The van der Waals surface area contributed by atoms with Crippen LogP contribution in [0.2, 0.25) is 0 Å². The van der Waals surface area contributed by atoms with Gasteiger partial charge in [-0.1, -0.05) is 26.0 Å². The maximum Gasteiger partial charge on any atom is 0.306 e. The molecule has 1 saturated carbocycles. The van der Waals surface area contributed by atoms with Crippen LogP contribution >= 0.6 is 0 Å². The smallest absolute Gasteiger partial charge is 0.306 e. The highest BCUT2D eigenvalue weighted by Crippen LogP contribution is 2.37. The van der Waals surface area contributed by atoms with Gasteiger partial charge in [-0.2, -0.15) is 0 Å². The van der Waals surface area contributed by atoms with Gasteiger partial charge in [-0.3, -0.25) is 4.79 Å². The molecule has 1 fully saturated rings. The first-order valence-corrected chi connectivity index (χ1v) is 8.28. The number of carbonyl (C=O) groups is 1. The predicted octanol–water partition coefficient (Wildman–Crippen LogP) is 2.63. The standard InChI is InChI=1S/C17H22FN5O2/c1-17(2,3)14-9-23(22-21-14)13-8-10(16(24)25)7-12(13)20-15-11(18)5-4-6-19-15/h4-6,9-10,12-13H,7-8H2,1-3H3,(H,19,20)(H,24,25)/t10?,12-,13+/m1/s1. The lowest BCUT2D eigenvalue weighted by molar-refractivity contribution is -0.141. The zero-order valence-electron chi connectivity index (χ0n) is 14.5. The van der Waals surface area contributed by atoms with E-state index in [0.29, 0.717) is 12.8 Å². The van der Waals surface area contributed by atoms with Crippen molar-refractivity contribution in [3.63, 3.8) is 0 Å². The average Bonchev–Trinajstić information content (AvgIpc) is 3.15. The van der Waals surface area contributed by atoms with E-state index in [1.807, 2.05) is 27.0 Å². The van der Waals surface area contributed by atoms with Gasteiger partial charge < -0.3 is 10.4 Å². The third-order valence-electron chi connectivity index (χ3n) is 4.58. The number of hydrogen-bond acceptors (Lipinski definition) is 5. The maximum absolute atomic E-state index is 13.9. The Morgan fingerprint density at radius 3 is 2.76 bits per heavy atom. The Morgan fingerprint density at radius 2 is 2.16 bits per heavy atom. The quantitative estimate of drug-likeness (QED) is 0.883. The minimum absolute atomic E-state index is 0.125. The number of rotatable bonds is 4. The zero-order valence-corrected chi connectivity index (χ0v) is 14.5. The summed E-state index contributed by atoms with van der Waals surface area (Å²) in [5.74, 6) is -1.71. The molecule has 2 N–H and O–H groups in total. The van der Waals surface area contributed by atoms with Crippen LogP contribution in [0.1, 0.15) is 45.3 Å². The fourth-order valence-electron chi connectivity index (χ4n) is 3.11. The van der Waals surface area contributed by atoms with Crippen LogP contribution in [-0.4, -0.2) is 37.1 Å². The number of aromatic nitrogens is 4. The molecule has 134 valence electrons. The third-order valence-corrected chi connectivity index (χ3v) is 4.58. The number of pyridine rings is 1. The van der Waals surface area contributed by atoms with E-state index < -0.39 is 17.7 Å². The van der Waals surface area contributed by atoms with Crippen LogP contribution in [0.15, 0.2) is 24.5 Å². The maximum atomic E-state index is 13.9. The summed E-state index contributed by atoms with van der Waals surface area (Å²) >= 11 is 0. The summed E-state index contributed by atoms with van der Waals surface area (Å²) in [6.45, 7) is 6.11. The summed E-state index contributed by atoms with van der Waals surface area (Å²) in [5.41, 5.74) is 0.674. The van der Waals surface area contributed by atoms with Crippen molar-refractivity contribution in [3.05, 3.63) is 36.0 Å². The van der Waals surface area contributed by atoms with Gasteiger partial charge >= 0.3 is 5.97 Å². The molecule has 1 unspecified atom stereocenters. The van der Waals surface area contributed by atoms with Gasteiger partial charge in [-0.05, 0) is 25.0 Å². The Balaban J connectivity index is 1.87.